The summed E-state index contributed by atoms with van der Waals surface area (Å²) in [7, 11) is 3.88. The van der Waals surface area contributed by atoms with Gasteiger partial charge in [0, 0.05) is 45.8 Å². The van der Waals surface area contributed by atoms with Crippen LogP contribution >= 0.6 is 0 Å². The Morgan fingerprint density at radius 2 is 2.08 bits per heavy atom. The van der Waals surface area contributed by atoms with Crippen LogP contribution in [0.5, 0.6) is 0 Å². The molecule has 6 heteroatoms. The predicted octanol–water partition coefficient (Wildman–Crippen LogP) is 1.55. The molecule has 1 saturated carbocycles. The molecule has 3 rings (SSSR count). The topological polar surface area (TPSA) is 65.5 Å². The maximum absolute atomic E-state index is 12.4. The van der Waals surface area contributed by atoms with Gasteiger partial charge in [-0.25, -0.2) is 4.98 Å². The molecule has 0 aromatic carbocycles. The highest BCUT2D eigenvalue weighted by Crippen LogP contribution is 2.29. The maximum Gasteiger partial charge on any atom is 0.225 e. The number of carbonyl (C=O) groups excluding carboxylic acids is 2. The number of pyridine rings is 1. The van der Waals surface area contributed by atoms with Crippen molar-refractivity contribution >= 4 is 17.6 Å². The normalized spacial score (nSPS) is 21.3. The third kappa shape index (κ3) is 3.68. The Morgan fingerprint density at radius 3 is 2.71 bits per heavy atom. The van der Waals surface area contributed by atoms with Crippen LogP contribution < -0.4 is 10.2 Å². The lowest BCUT2D eigenvalue weighted by atomic mass is 10.1. The molecule has 2 amide bonds. The molecule has 2 fully saturated rings. The molecular weight excluding hydrogens is 304 g/mol. The molecule has 2 aliphatic rings. The third-order valence-electron chi connectivity index (χ3n) is 5.03. The zero-order valence-electron chi connectivity index (χ0n) is 14.5. The molecule has 1 unspecified atom stereocenters. The van der Waals surface area contributed by atoms with Crippen LogP contribution in [0.15, 0.2) is 18.3 Å². The van der Waals surface area contributed by atoms with Gasteiger partial charge in [0.1, 0.15) is 5.82 Å². The molecule has 1 aliphatic carbocycles. The highest BCUT2D eigenvalue weighted by atomic mass is 16.2. The van der Waals surface area contributed by atoms with E-state index in [-0.39, 0.29) is 17.7 Å². The fourth-order valence-corrected chi connectivity index (χ4v) is 3.60. The van der Waals surface area contributed by atoms with Crippen LogP contribution in [0.1, 0.15) is 37.7 Å². The number of carbonyl (C=O) groups is 2. The lowest BCUT2D eigenvalue weighted by Gasteiger charge is -2.23. The number of likely N-dealkylation sites (tertiary alicyclic amines) is 1. The first-order valence-corrected chi connectivity index (χ1v) is 8.74. The standard InChI is InChI=1S/C18H26N4O2/c1-21(2)16-8-7-13(10-19-16)11-20-18(24)14-9-17(23)22(12-14)15-5-3-4-6-15/h7-8,10,14-15H,3-6,9,11-12H2,1-2H3,(H,20,24). The number of rotatable bonds is 5. The summed E-state index contributed by atoms with van der Waals surface area (Å²) in [6.07, 6.45) is 6.69. The fraction of sp³-hybridized carbons (Fsp3) is 0.611. The molecule has 0 radical (unpaired) electrons. The minimum absolute atomic E-state index is 0.0273. The Labute approximate surface area is 143 Å². The van der Waals surface area contributed by atoms with Gasteiger partial charge in [0.15, 0.2) is 0 Å². The fourth-order valence-electron chi connectivity index (χ4n) is 3.60. The maximum atomic E-state index is 12.4. The Morgan fingerprint density at radius 1 is 1.33 bits per heavy atom. The van der Waals surface area contributed by atoms with E-state index in [1.54, 1.807) is 6.20 Å². The summed E-state index contributed by atoms with van der Waals surface area (Å²) >= 11 is 0. The summed E-state index contributed by atoms with van der Waals surface area (Å²) < 4.78 is 0. The first kappa shape index (κ1) is 16.7. The minimum Gasteiger partial charge on any atom is -0.363 e. The van der Waals surface area contributed by atoms with Gasteiger partial charge in [-0.1, -0.05) is 18.9 Å². The van der Waals surface area contributed by atoms with Crippen molar-refractivity contribution in [2.75, 3.05) is 25.5 Å². The van der Waals surface area contributed by atoms with E-state index < -0.39 is 0 Å². The van der Waals surface area contributed by atoms with Gasteiger partial charge in [0.05, 0.1) is 5.92 Å². The summed E-state index contributed by atoms with van der Waals surface area (Å²) in [6, 6.07) is 4.26. The number of anilines is 1. The monoisotopic (exact) mass is 330 g/mol. The number of hydrogen-bond acceptors (Lipinski definition) is 4. The zero-order valence-corrected chi connectivity index (χ0v) is 14.5. The van der Waals surface area contributed by atoms with Crippen LogP contribution in [0, 0.1) is 5.92 Å². The Bertz CT molecular complexity index is 594. The van der Waals surface area contributed by atoms with E-state index in [9.17, 15) is 9.59 Å². The largest absolute Gasteiger partial charge is 0.363 e. The van der Waals surface area contributed by atoms with Gasteiger partial charge >= 0.3 is 0 Å². The van der Waals surface area contributed by atoms with Gasteiger partial charge in [0.25, 0.3) is 0 Å². The van der Waals surface area contributed by atoms with Crippen molar-refractivity contribution in [3.05, 3.63) is 23.9 Å². The quantitative estimate of drug-likeness (QED) is 0.890. The van der Waals surface area contributed by atoms with E-state index in [4.69, 9.17) is 0 Å². The van der Waals surface area contributed by atoms with E-state index >= 15 is 0 Å². The van der Waals surface area contributed by atoms with Crippen LogP contribution in [0.25, 0.3) is 0 Å². The van der Waals surface area contributed by atoms with Crippen LogP contribution in [0.3, 0.4) is 0 Å². The summed E-state index contributed by atoms with van der Waals surface area (Å²) in [6.45, 7) is 1.03. The molecule has 1 saturated heterocycles. The first-order chi connectivity index (χ1) is 11.5. The average Bonchev–Trinajstić information content (AvgIpc) is 3.22. The van der Waals surface area contributed by atoms with Gasteiger partial charge in [-0.15, -0.1) is 0 Å². The molecule has 1 aromatic rings. The van der Waals surface area contributed by atoms with Crippen LogP contribution in [0.4, 0.5) is 5.82 Å². The van der Waals surface area contributed by atoms with Gasteiger partial charge in [-0.05, 0) is 24.5 Å². The van der Waals surface area contributed by atoms with Crippen LogP contribution in [0.2, 0.25) is 0 Å². The van der Waals surface area contributed by atoms with Gasteiger partial charge in [-0.3, -0.25) is 9.59 Å². The molecule has 6 nitrogen and oxygen atoms in total. The van der Waals surface area contributed by atoms with Crippen LogP contribution in [-0.4, -0.2) is 48.4 Å². The summed E-state index contributed by atoms with van der Waals surface area (Å²) in [5, 5.41) is 2.95. The number of aromatic nitrogens is 1. The highest BCUT2D eigenvalue weighted by molar-refractivity contribution is 5.89. The van der Waals surface area contributed by atoms with E-state index in [1.807, 2.05) is 36.0 Å². The minimum atomic E-state index is -0.216. The van der Waals surface area contributed by atoms with Crippen molar-refractivity contribution in [3.8, 4) is 0 Å². The summed E-state index contributed by atoms with van der Waals surface area (Å²) in [5.41, 5.74) is 0.964. The Balaban J connectivity index is 1.51. The van der Waals surface area contributed by atoms with E-state index in [0.29, 0.717) is 25.6 Å². The Hall–Kier alpha value is -2.11. The lowest BCUT2D eigenvalue weighted by Crippen LogP contribution is -2.36. The molecule has 1 atom stereocenters. The summed E-state index contributed by atoms with van der Waals surface area (Å²) in [5.74, 6) is 0.783. The lowest BCUT2D eigenvalue weighted by molar-refractivity contribution is -0.130. The van der Waals surface area contributed by atoms with Crippen molar-refractivity contribution in [1.82, 2.24) is 15.2 Å². The molecule has 1 N–H and O–H groups in total. The second-order valence-electron chi connectivity index (χ2n) is 7.02. The predicted molar refractivity (Wildman–Crippen MR) is 92.5 cm³/mol. The Kier molecular flexibility index (Phi) is 5.02. The van der Waals surface area contributed by atoms with E-state index in [1.165, 1.54) is 12.8 Å². The highest BCUT2D eigenvalue weighted by Gasteiger charge is 2.38. The zero-order chi connectivity index (χ0) is 17.1. The second kappa shape index (κ2) is 7.20. The van der Waals surface area contributed by atoms with Gasteiger partial charge in [0.2, 0.25) is 11.8 Å². The van der Waals surface area contributed by atoms with E-state index in [0.717, 1.165) is 24.2 Å². The molecule has 24 heavy (non-hydrogen) atoms. The number of hydrogen-bond donors (Lipinski definition) is 1. The molecular formula is C18H26N4O2. The molecule has 1 aromatic heterocycles. The molecule has 0 bridgehead atoms. The molecule has 2 heterocycles. The number of nitrogens with one attached hydrogen (secondary N) is 1. The van der Waals surface area contributed by atoms with Crippen molar-refractivity contribution in [3.63, 3.8) is 0 Å². The van der Waals surface area contributed by atoms with Crippen molar-refractivity contribution in [1.29, 1.82) is 0 Å². The molecule has 1 aliphatic heterocycles. The second-order valence-corrected chi connectivity index (χ2v) is 7.02. The molecule has 130 valence electrons. The van der Waals surface area contributed by atoms with Crippen molar-refractivity contribution in [2.45, 2.75) is 44.7 Å². The van der Waals surface area contributed by atoms with Crippen molar-refractivity contribution < 1.29 is 9.59 Å². The first-order valence-electron chi connectivity index (χ1n) is 8.74. The van der Waals surface area contributed by atoms with Crippen molar-refractivity contribution in [2.24, 2.45) is 5.92 Å². The summed E-state index contributed by atoms with van der Waals surface area (Å²) in [4.78, 5) is 32.8. The molecule has 0 spiro atoms. The average molecular weight is 330 g/mol. The van der Waals surface area contributed by atoms with Gasteiger partial charge in [-0.2, -0.15) is 0 Å². The van der Waals surface area contributed by atoms with E-state index in [2.05, 4.69) is 10.3 Å². The van der Waals surface area contributed by atoms with Crippen LogP contribution in [-0.2, 0) is 16.1 Å². The third-order valence-corrected chi connectivity index (χ3v) is 5.03. The van der Waals surface area contributed by atoms with Gasteiger partial charge < -0.3 is 15.1 Å². The smallest absolute Gasteiger partial charge is 0.225 e. The number of nitrogens with zero attached hydrogens (tertiary/aromatic N) is 3. The SMILES string of the molecule is CN(C)c1ccc(CNC(=O)C2CC(=O)N(C3CCCC3)C2)cn1. The number of amides is 2.